The van der Waals surface area contributed by atoms with Crippen molar-refractivity contribution in [3.63, 3.8) is 0 Å². The minimum absolute atomic E-state index is 0.108. The van der Waals surface area contributed by atoms with Crippen LogP contribution < -0.4 is 9.64 Å². The molecule has 140 valence electrons. The minimum Gasteiger partial charge on any atom is -0.497 e. The Balaban J connectivity index is 1.43. The van der Waals surface area contributed by atoms with Crippen LogP contribution in [0.4, 0.5) is 5.69 Å². The van der Waals surface area contributed by atoms with E-state index in [2.05, 4.69) is 29.2 Å². The summed E-state index contributed by atoms with van der Waals surface area (Å²) >= 11 is 0. The zero-order valence-corrected chi connectivity index (χ0v) is 15.5. The van der Waals surface area contributed by atoms with Gasteiger partial charge in [-0.05, 0) is 61.7 Å². The summed E-state index contributed by atoms with van der Waals surface area (Å²) in [5.41, 5.74) is 1.98. The highest BCUT2D eigenvalue weighted by molar-refractivity contribution is 6.22. The third kappa shape index (κ3) is 3.47. The first kappa shape index (κ1) is 17.7. The fourth-order valence-electron chi connectivity index (χ4n) is 4.17. The van der Waals surface area contributed by atoms with Crippen LogP contribution in [0.1, 0.15) is 30.7 Å². The van der Waals surface area contributed by atoms with Gasteiger partial charge in [0.05, 0.1) is 25.3 Å². The highest BCUT2D eigenvalue weighted by Gasteiger charge is 2.43. The number of carbonyl (C=O) groups excluding carboxylic acids is 2. The highest BCUT2D eigenvalue weighted by Crippen LogP contribution is 2.32. The Morgan fingerprint density at radius 3 is 2.22 bits per heavy atom. The van der Waals surface area contributed by atoms with E-state index >= 15 is 0 Å². The van der Waals surface area contributed by atoms with Gasteiger partial charge in [-0.15, -0.1) is 0 Å². The van der Waals surface area contributed by atoms with Crippen molar-refractivity contribution in [3.8, 4) is 5.75 Å². The standard InChI is InChI=1S/C22H24N2O3/c1-27-19-9-7-18(8-10-19)24-21(25)15-20(22(24)26)23-13-11-17(12-14-23)16-5-3-2-4-6-16/h2-10,17,20H,11-15H2,1H3/t20-/m1/s1. The van der Waals surface area contributed by atoms with E-state index in [1.807, 2.05) is 6.07 Å². The van der Waals surface area contributed by atoms with Gasteiger partial charge in [-0.1, -0.05) is 30.3 Å². The van der Waals surface area contributed by atoms with Crippen molar-refractivity contribution in [2.45, 2.75) is 31.2 Å². The number of piperidine rings is 1. The van der Waals surface area contributed by atoms with Gasteiger partial charge in [-0.25, -0.2) is 4.90 Å². The first-order chi connectivity index (χ1) is 13.2. The molecule has 2 aliphatic rings. The van der Waals surface area contributed by atoms with Gasteiger partial charge in [0, 0.05) is 0 Å². The van der Waals surface area contributed by atoms with Crippen LogP contribution in [0.25, 0.3) is 0 Å². The molecule has 1 atom stereocenters. The molecule has 2 aliphatic heterocycles. The molecule has 2 amide bonds. The zero-order valence-electron chi connectivity index (χ0n) is 15.5. The van der Waals surface area contributed by atoms with E-state index in [9.17, 15) is 9.59 Å². The number of hydrogen-bond acceptors (Lipinski definition) is 4. The Morgan fingerprint density at radius 1 is 0.926 bits per heavy atom. The molecule has 0 N–H and O–H groups in total. The summed E-state index contributed by atoms with van der Waals surface area (Å²) in [7, 11) is 1.59. The van der Waals surface area contributed by atoms with Crippen molar-refractivity contribution in [1.82, 2.24) is 4.90 Å². The van der Waals surface area contributed by atoms with E-state index in [4.69, 9.17) is 4.74 Å². The molecule has 4 rings (SSSR count). The van der Waals surface area contributed by atoms with Gasteiger partial charge in [0.15, 0.2) is 0 Å². The molecule has 0 spiro atoms. The van der Waals surface area contributed by atoms with Gasteiger partial charge < -0.3 is 4.74 Å². The Hall–Kier alpha value is -2.66. The fourth-order valence-corrected chi connectivity index (χ4v) is 4.17. The molecule has 2 aromatic carbocycles. The lowest BCUT2D eigenvalue weighted by Gasteiger charge is -2.35. The van der Waals surface area contributed by atoms with E-state index < -0.39 is 0 Å². The maximum absolute atomic E-state index is 13.0. The van der Waals surface area contributed by atoms with E-state index in [0.717, 1.165) is 25.9 Å². The normalized spacial score (nSPS) is 21.7. The topological polar surface area (TPSA) is 49.9 Å². The molecular formula is C22H24N2O3. The maximum atomic E-state index is 13.0. The van der Waals surface area contributed by atoms with Gasteiger partial charge >= 0.3 is 0 Å². The molecule has 2 fully saturated rings. The van der Waals surface area contributed by atoms with Crippen molar-refractivity contribution >= 4 is 17.5 Å². The molecule has 0 aliphatic carbocycles. The molecule has 0 saturated carbocycles. The van der Waals surface area contributed by atoms with Crippen LogP contribution >= 0.6 is 0 Å². The van der Waals surface area contributed by atoms with E-state index in [1.54, 1.807) is 31.4 Å². The van der Waals surface area contributed by atoms with Crippen LogP contribution in [0, 0.1) is 0 Å². The predicted octanol–water partition coefficient (Wildman–Crippen LogP) is 3.21. The van der Waals surface area contributed by atoms with E-state index in [0.29, 0.717) is 17.4 Å². The number of likely N-dealkylation sites (tertiary alicyclic amines) is 1. The second-order valence-corrected chi connectivity index (χ2v) is 7.21. The van der Waals surface area contributed by atoms with Crippen molar-refractivity contribution < 1.29 is 14.3 Å². The molecule has 0 radical (unpaired) electrons. The molecule has 2 saturated heterocycles. The first-order valence-corrected chi connectivity index (χ1v) is 9.47. The van der Waals surface area contributed by atoms with Gasteiger partial charge in [-0.3, -0.25) is 14.5 Å². The predicted molar refractivity (Wildman–Crippen MR) is 104 cm³/mol. The van der Waals surface area contributed by atoms with Crippen molar-refractivity contribution in [2.75, 3.05) is 25.1 Å². The van der Waals surface area contributed by atoms with Gasteiger partial charge in [-0.2, -0.15) is 0 Å². The van der Waals surface area contributed by atoms with Crippen molar-refractivity contribution in [2.24, 2.45) is 0 Å². The number of benzene rings is 2. The van der Waals surface area contributed by atoms with Crippen LogP contribution in [0.5, 0.6) is 5.75 Å². The summed E-state index contributed by atoms with van der Waals surface area (Å²) in [6.07, 6.45) is 2.30. The largest absolute Gasteiger partial charge is 0.497 e. The molecule has 2 heterocycles. The zero-order chi connectivity index (χ0) is 18.8. The quantitative estimate of drug-likeness (QED) is 0.782. The third-order valence-electron chi connectivity index (χ3n) is 5.69. The number of amides is 2. The van der Waals surface area contributed by atoms with Gasteiger partial charge in [0.2, 0.25) is 5.91 Å². The molecule has 27 heavy (non-hydrogen) atoms. The Bertz CT molecular complexity index is 811. The first-order valence-electron chi connectivity index (χ1n) is 9.47. The average molecular weight is 364 g/mol. The highest BCUT2D eigenvalue weighted by atomic mass is 16.5. The van der Waals surface area contributed by atoms with Gasteiger partial charge in [0.25, 0.3) is 5.91 Å². The lowest BCUT2D eigenvalue weighted by Crippen LogP contribution is -2.45. The molecule has 5 heteroatoms. The number of hydrogen-bond donors (Lipinski definition) is 0. The second kappa shape index (κ2) is 7.53. The number of anilines is 1. The second-order valence-electron chi connectivity index (χ2n) is 7.21. The van der Waals surface area contributed by atoms with Crippen LogP contribution in [-0.4, -0.2) is 43.0 Å². The monoisotopic (exact) mass is 364 g/mol. The molecule has 0 unspecified atom stereocenters. The van der Waals surface area contributed by atoms with Crippen LogP contribution in [0.2, 0.25) is 0 Å². The SMILES string of the molecule is COc1ccc(N2C(=O)C[C@@H](N3CCC(c4ccccc4)CC3)C2=O)cc1. The van der Waals surface area contributed by atoms with E-state index in [1.165, 1.54) is 10.5 Å². The molecule has 5 nitrogen and oxygen atoms in total. The number of imide groups is 1. The Labute approximate surface area is 159 Å². The van der Waals surface area contributed by atoms with Crippen LogP contribution in [0.15, 0.2) is 54.6 Å². The Kier molecular flexibility index (Phi) is 4.94. The molecule has 0 bridgehead atoms. The fraction of sp³-hybridized carbons (Fsp3) is 0.364. The smallest absolute Gasteiger partial charge is 0.251 e. The molecule has 2 aromatic rings. The lowest BCUT2D eigenvalue weighted by atomic mass is 9.89. The number of methoxy groups -OCH3 is 1. The summed E-state index contributed by atoms with van der Waals surface area (Å²) in [6, 6.07) is 17.3. The van der Waals surface area contributed by atoms with E-state index in [-0.39, 0.29) is 24.3 Å². The van der Waals surface area contributed by atoms with Crippen molar-refractivity contribution in [3.05, 3.63) is 60.2 Å². The summed E-state index contributed by atoms with van der Waals surface area (Å²) in [6.45, 7) is 1.69. The maximum Gasteiger partial charge on any atom is 0.251 e. The number of rotatable bonds is 4. The summed E-state index contributed by atoms with van der Waals surface area (Å²) in [4.78, 5) is 29.0. The van der Waals surface area contributed by atoms with Crippen molar-refractivity contribution in [1.29, 1.82) is 0 Å². The number of ether oxygens (including phenoxy) is 1. The minimum atomic E-state index is -0.337. The number of carbonyl (C=O) groups is 2. The van der Waals surface area contributed by atoms with Gasteiger partial charge in [0.1, 0.15) is 5.75 Å². The molecular weight excluding hydrogens is 340 g/mol. The van der Waals surface area contributed by atoms with Crippen LogP contribution in [0.3, 0.4) is 0 Å². The lowest BCUT2D eigenvalue weighted by molar-refractivity contribution is -0.123. The summed E-state index contributed by atoms with van der Waals surface area (Å²) in [5, 5.41) is 0. The Morgan fingerprint density at radius 2 is 1.59 bits per heavy atom. The average Bonchev–Trinajstić information content (AvgIpc) is 3.03. The summed E-state index contributed by atoms with van der Waals surface area (Å²) < 4.78 is 5.15. The number of nitrogens with zero attached hydrogens (tertiary/aromatic N) is 2. The molecule has 0 aromatic heterocycles. The third-order valence-corrected chi connectivity index (χ3v) is 5.69. The summed E-state index contributed by atoms with van der Waals surface area (Å²) in [5.74, 6) is 1.01. The van der Waals surface area contributed by atoms with Crippen LogP contribution in [-0.2, 0) is 9.59 Å².